The van der Waals surface area contributed by atoms with E-state index in [2.05, 4.69) is 21.9 Å². The maximum absolute atomic E-state index is 12.6. The molecule has 6 nitrogen and oxygen atoms in total. The number of amides is 1. The standard InChI is InChI=1S/C20H31N3O3/c1-4-25-19-8-6-5-7-18(19)22-11-9-21(10-12-22)15-20(24)23-13-16(2)26-17(3)14-23/h5-8,16-17H,4,9-15H2,1-3H3. The van der Waals surface area contributed by atoms with Crippen LogP contribution in [-0.2, 0) is 9.53 Å². The van der Waals surface area contributed by atoms with Gasteiger partial charge in [-0.3, -0.25) is 9.69 Å². The van der Waals surface area contributed by atoms with Crippen molar-refractivity contribution >= 4 is 11.6 Å². The van der Waals surface area contributed by atoms with E-state index < -0.39 is 0 Å². The number of anilines is 1. The Kier molecular flexibility index (Phi) is 6.38. The molecule has 2 fully saturated rings. The highest BCUT2D eigenvalue weighted by molar-refractivity contribution is 5.78. The summed E-state index contributed by atoms with van der Waals surface area (Å²) in [5.74, 6) is 1.16. The summed E-state index contributed by atoms with van der Waals surface area (Å²) in [7, 11) is 0. The maximum atomic E-state index is 12.6. The molecule has 3 rings (SSSR count). The summed E-state index contributed by atoms with van der Waals surface area (Å²) < 4.78 is 11.5. The molecule has 2 saturated heterocycles. The summed E-state index contributed by atoms with van der Waals surface area (Å²) in [6.45, 7) is 12.2. The lowest BCUT2D eigenvalue weighted by molar-refractivity contribution is -0.144. The molecule has 0 spiro atoms. The summed E-state index contributed by atoms with van der Waals surface area (Å²) in [6, 6.07) is 8.19. The Balaban J connectivity index is 1.52. The lowest BCUT2D eigenvalue weighted by Crippen LogP contribution is -2.54. The third-order valence-corrected chi connectivity index (χ3v) is 5.01. The zero-order valence-electron chi connectivity index (χ0n) is 16.2. The fraction of sp³-hybridized carbons (Fsp3) is 0.650. The number of carbonyl (C=O) groups excluding carboxylic acids is 1. The Bertz CT molecular complexity index is 592. The molecule has 2 aliphatic heterocycles. The van der Waals surface area contributed by atoms with Crippen molar-refractivity contribution in [2.24, 2.45) is 0 Å². The number of hydrogen-bond acceptors (Lipinski definition) is 5. The van der Waals surface area contributed by atoms with E-state index in [1.165, 1.54) is 0 Å². The average molecular weight is 361 g/mol. The van der Waals surface area contributed by atoms with Crippen LogP contribution in [0.1, 0.15) is 20.8 Å². The number of benzene rings is 1. The Labute approximate surface area is 156 Å². The van der Waals surface area contributed by atoms with Gasteiger partial charge in [-0.05, 0) is 32.9 Å². The molecule has 1 aromatic carbocycles. The van der Waals surface area contributed by atoms with Crippen LogP contribution in [0.4, 0.5) is 5.69 Å². The van der Waals surface area contributed by atoms with Crippen molar-refractivity contribution in [1.29, 1.82) is 0 Å². The second-order valence-electron chi connectivity index (χ2n) is 7.22. The van der Waals surface area contributed by atoms with E-state index in [1.807, 2.05) is 37.8 Å². The molecule has 0 saturated carbocycles. The molecule has 2 atom stereocenters. The number of para-hydroxylation sites is 2. The van der Waals surface area contributed by atoms with Crippen molar-refractivity contribution in [3.05, 3.63) is 24.3 Å². The molecule has 2 heterocycles. The normalized spacial score (nSPS) is 24.6. The molecule has 2 aliphatic rings. The molecule has 0 N–H and O–H groups in total. The van der Waals surface area contributed by atoms with Crippen molar-refractivity contribution in [3.8, 4) is 5.75 Å². The molecule has 1 amide bonds. The summed E-state index contributed by atoms with van der Waals surface area (Å²) in [6.07, 6.45) is 0.240. The van der Waals surface area contributed by atoms with Crippen molar-refractivity contribution < 1.29 is 14.3 Å². The average Bonchev–Trinajstić information content (AvgIpc) is 2.62. The van der Waals surface area contributed by atoms with Gasteiger partial charge in [0, 0.05) is 39.3 Å². The van der Waals surface area contributed by atoms with Gasteiger partial charge < -0.3 is 19.3 Å². The number of rotatable bonds is 5. The lowest BCUT2D eigenvalue weighted by Gasteiger charge is -2.39. The summed E-state index contributed by atoms with van der Waals surface area (Å²) in [4.78, 5) is 19.2. The number of hydrogen-bond donors (Lipinski definition) is 0. The Morgan fingerprint density at radius 1 is 1.12 bits per heavy atom. The van der Waals surface area contributed by atoms with Gasteiger partial charge in [-0.1, -0.05) is 12.1 Å². The molecular weight excluding hydrogens is 330 g/mol. The molecule has 0 aliphatic carbocycles. The quantitative estimate of drug-likeness (QED) is 0.801. The molecule has 0 aromatic heterocycles. The van der Waals surface area contributed by atoms with Gasteiger partial charge in [-0.25, -0.2) is 0 Å². The van der Waals surface area contributed by atoms with Crippen LogP contribution in [0.5, 0.6) is 5.75 Å². The van der Waals surface area contributed by atoms with E-state index in [9.17, 15) is 4.79 Å². The van der Waals surface area contributed by atoms with Crippen molar-refractivity contribution in [1.82, 2.24) is 9.80 Å². The molecule has 26 heavy (non-hydrogen) atoms. The first-order chi connectivity index (χ1) is 12.6. The van der Waals surface area contributed by atoms with E-state index in [-0.39, 0.29) is 18.1 Å². The number of piperazine rings is 1. The van der Waals surface area contributed by atoms with E-state index in [0.717, 1.165) is 37.6 Å². The SMILES string of the molecule is CCOc1ccccc1N1CCN(CC(=O)N2CC(C)OC(C)C2)CC1. The summed E-state index contributed by atoms with van der Waals surface area (Å²) in [5, 5.41) is 0. The Morgan fingerprint density at radius 3 is 2.42 bits per heavy atom. The van der Waals surface area contributed by atoms with Crippen LogP contribution in [0, 0.1) is 0 Å². The van der Waals surface area contributed by atoms with Crippen LogP contribution in [0.2, 0.25) is 0 Å². The van der Waals surface area contributed by atoms with Crippen LogP contribution in [0.25, 0.3) is 0 Å². The fourth-order valence-electron chi connectivity index (χ4n) is 3.82. The van der Waals surface area contributed by atoms with Gasteiger partial charge >= 0.3 is 0 Å². The topological polar surface area (TPSA) is 45.2 Å². The van der Waals surface area contributed by atoms with Crippen LogP contribution in [-0.4, -0.2) is 80.3 Å². The van der Waals surface area contributed by atoms with Crippen LogP contribution >= 0.6 is 0 Å². The minimum atomic E-state index is 0.120. The highest BCUT2D eigenvalue weighted by atomic mass is 16.5. The van der Waals surface area contributed by atoms with Gasteiger partial charge in [0.1, 0.15) is 5.75 Å². The van der Waals surface area contributed by atoms with E-state index in [4.69, 9.17) is 9.47 Å². The lowest BCUT2D eigenvalue weighted by atomic mass is 10.2. The first-order valence-corrected chi connectivity index (χ1v) is 9.69. The summed E-state index contributed by atoms with van der Waals surface area (Å²) >= 11 is 0. The maximum Gasteiger partial charge on any atom is 0.236 e. The predicted molar refractivity (Wildman–Crippen MR) is 103 cm³/mol. The zero-order valence-corrected chi connectivity index (χ0v) is 16.2. The van der Waals surface area contributed by atoms with Crippen LogP contribution in [0.15, 0.2) is 24.3 Å². The molecule has 144 valence electrons. The second-order valence-corrected chi connectivity index (χ2v) is 7.22. The molecular formula is C20H31N3O3. The van der Waals surface area contributed by atoms with Gasteiger partial charge in [0.2, 0.25) is 5.91 Å². The van der Waals surface area contributed by atoms with E-state index >= 15 is 0 Å². The third kappa shape index (κ3) is 4.68. The minimum absolute atomic E-state index is 0.120. The number of ether oxygens (including phenoxy) is 2. The van der Waals surface area contributed by atoms with Gasteiger partial charge in [0.15, 0.2) is 0 Å². The number of morpholine rings is 1. The largest absolute Gasteiger partial charge is 0.492 e. The number of nitrogens with zero attached hydrogens (tertiary/aromatic N) is 3. The summed E-state index contributed by atoms with van der Waals surface area (Å²) in [5.41, 5.74) is 1.15. The van der Waals surface area contributed by atoms with Crippen molar-refractivity contribution in [2.45, 2.75) is 33.0 Å². The van der Waals surface area contributed by atoms with Gasteiger partial charge in [-0.2, -0.15) is 0 Å². The zero-order chi connectivity index (χ0) is 18.5. The molecule has 0 radical (unpaired) electrons. The van der Waals surface area contributed by atoms with E-state index in [1.54, 1.807) is 0 Å². The minimum Gasteiger partial charge on any atom is -0.492 e. The van der Waals surface area contributed by atoms with E-state index in [0.29, 0.717) is 26.2 Å². The molecule has 1 aromatic rings. The van der Waals surface area contributed by atoms with Crippen molar-refractivity contribution in [2.75, 3.05) is 57.3 Å². The number of carbonyl (C=O) groups is 1. The monoisotopic (exact) mass is 361 g/mol. The van der Waals surface area contributed by atoms with Gasteiger partial charge in [0.05, 0.1) is 31.0 Å². The predicted octanol–water partition coefficient (Wildman–Crippen LogP) is 1.84. The van der Waals surface area contributed by atoms with Crippen LogP contribution < -0.4 is 9.64 Å². The molecule has 6 heteroatoms. The first-order valence-electron chi connectivity index (χ1n) is 9.69. The highest BCUT2D eigenvalue weighted by Gasteiger charge is 2.28. The molecule has 0 bridgehead atoms. The third-order valence-electron chi connectivity index (χ3n) is 5.01. The molecule has 2 unspecified atom stereocenters. The smallest absolute Gasteiger partial charge is 0.236 e. The Morgan fingerprint density at radius 2 is 1.77 bits per heavy atom. The fourth-order valence-corrected chi connectivity index (χ4v) is 3.82. The van der Waals surface area contributed by atoms with Crippen molar-refractivity contribution in [3.63, 3.8) is 0 Å². The highest BCUT2D eigenvalue weighted by Crippen LogP contribution is 2.28. The first kappa shape index (κ1) is 19.0. The van der Waals surface area contributed by atoms with Crippen LogP contribution in [0.3, 0.4) is 0 Å². The Hall–Kier alpha value is -1.79. The van der Waals surface area contributed by atoms with Gasteiger partial charge in [0.25, 0.3) is 0 Å². The van der Waals surface area contributed by atoms with Gasteiger partial charge in [-0.15, -0.1) is 0 Å². The second kappa shape index (κ2) is 8.73.